The van der Waals surface area contributed by atoms with Gasteiger partial charge in [-0.3, -0.25) is 9.59 Å². The molecule has 2 amide bonds. The molecule has 1 saturated heterocycles. The molecular weight excluding hydrogens is 320 g/mol. The van der Waals surface area contributed by atoms with Crippen LogP contribution in [0.25, 0.3) is 0 Å². The molecule has 1 aliphatic heterocycles. The van der Waals surface area contributed by atoms with Crippen molar-refractivity contribution in [2.75, 3.05) is 18.0 Å². The Morgan fingerprint density at radius 3 is 2.90 bits per heavy atom. The summed E-state index contributed by atoms with van der Waals surface area (Å²) in [5, 5.41) is 2.86. The Balaban J connectivity index is 2.11. The molecule has 0 aliphatic carbocycles. The second-order valence-corrected chi connectivity index (χ2v) is 6.01. The normalized spacial score (nSPS) is 18.4. The third-order valence-electron chi connectivity index (χ3n) is 3.44. The van der Waals surface area contributed by atoms with Crippen molar-refractivity contribution in [1.29, 1.82) is 0 Å². The Kier molecular flexibility index (Phi) is 4.81. The van der Waals surface area contributed by atoms with Crippen molar-refractivity contribution in [2.45, 2.75) is 26.7 Å². The van der Waals surface area contributed by atoms with Gasteiger partial charge >= 0.3 is 0 Å². The molecule has 108 valence electrons. The summed E-state index contributed by atoms with van der Waals surface area (Å²) in [5.74, 6) is -0.264. The van der Waals surface area contributed by atoms with E-state index in [4.69, 9.17) is 0 Å². The van der Waals surface area contributed by atoms with Crippen LogP contribution in [0.4, 0.5) is 5.69 Å². The Morgan fingerprint density at radius 1 is 1.50 bits per heavy atom. The quantitative estimate of drug-likeness (QED) is 0.917. The maximum absolute atomic E-state index is 12.1. The van der Waals surface area contributed by atoms with Gasteiger partial charge in [0, 0.05) is 24.0 Å². The minimum atomic E-state index is -0.248. The molecule has 2 rings (SSSR count). The SMILES string of the molecule is CCCNC(=O)C1CC(=O)N(c2ccc(C)cc2Br)C1. The molecular formula is C15H19BrN2O2. The number of nitrogens with one attached hydrogen (secondary N) is 1. The molecule has 1 aromatic rings. The molecule has 0 aromatic heterocycles. The molecule has 1 aliphatic rings. The van der Waals surface area contributed by atoms with Gasteiger partial charge in [0.15, 0.2) is 0 Å². The smallest absolute Gasteiger partial charge is 0.227 e. The summed E-state index contributed by atoms with van der Waals surface area (Å²) in [5.41, 5.74) is 1.97. The van der Waals surface area contributed by atoms with Gasteiger partial charge in [0.2, 0.25) is 11.8 Å². The van der Waals surface area contributed by atoms with Crippen molar-refractivity contribution in [3.05, 3.63) is 28.2 Å². The zero-order chi connectivity index (χ0) is 14.7. The van der Waals surface area contributed by atoms with Crippen LogP contribution in [0, 0.1) is 12.8 Å². The highest BCUT2D eigenvalue weighted by atomic mass is 79.9. The van der Waals surface area contributed by atoms with Crippen LogP contribution < -0.4 is 10.2 Å². The highest BCUT2D eigenvalue weighted by Crippen LogP contribution is 2.32. The van der Waals surface area contributed by atoms with Crippen LogP contribution in [0.3, 0.4) is 0 Å². The first kappa shape index (κ1) is 15.0. The molecule has 1 unspecified atom stereocenters. The van der Waals surface area contributed by atoms with Crippen LogP contribution in [0.2, 0.25) is 0 Å². The van der Waals surface area contributed by atoms with Gasteiger partial charge in [-0.05, 0) is 47.0 Å². The summed E-state index contributed by atoms with van der Waals surface area (Å²) in [4.78, 5) is 25.8. The molecule has 20 heavy (non-hydrogen) atoms. The van der Waals surface area contributed by atoms with Crippen LogP contribution in [0.15, 0.2) is 22.7 Å². The van der Waals surface area contributed by atoms with Crippen molar-refractivity contribution in [1.82, 2.24) is 5.32 Å². The Labute approximate surface area is 127 Å². The zero-order valence-electron chi connectivity index (χ0n) is 11.8. The average Bonchev–Trinajstić information content (AvgIpc) is 2.78. The second-order valence-electron chi connectivity index (χ2n) is 5.15. The van der Waals surface area contributed by atoms with Gasteiger partial charge in [0.25, 0.3) is 0 Å². The summed E-state index contributed by atoms with van der Waals surface area (Å²) >= 11 is 3.49. The van der Waals surface area contributed by atoms with Crippen LogP contribution in [0.1, 0.15) is 25.3 Å². The van der Waals surface area contributed by atoms with Crippen molar-refractivity contribution < 1.29 is 9.59 Å². The fraction of sp³-hybridized carbons (Fsp3) is 0.467. The third kappa shape index (κ3) is 3.20. The lowest BCUT2D eigenvalue weighted by molar-refractivity contribution is -0.126. The van der Waals surface area contributed by atoms with E-state index in [9.17, 15) is 9.59 Å². The number of carbonyl (C=O) groups excluding carboxylic acids is 2. The number of anilines is 1. The van der Waals surface area contributed by atoms with Gasteiger partial charge in [-0.2, -0.15) is 0 Å². The second kappa shape index (κ2) is 6.39. The number of benzene rings is 1. The van der Waals surface area contributed by atoms with Crippen molar-refractivity contribution in [2.24, 2.45) is 5.92 Å². The van der Waals surface area contributed by atoms with Crippen LogP contribution >= 0.6 is 15.9 Å². The molecule has 5 heteroatoms. The average molecular weight is 339 g/mol. The number of nitrogens with zero attached hydrogens (tertiary/aromatic N) is 1. The molecule has 0 saturated carbocycles. The summed E-state index contributed by atoms with van der Waals surface area (Å²) < 4.78 is 0.889. The van der Waals surface area contributed by atoms with E-state index < -0.39 is 0 Å². The largest absolute Gasteiger partial charge is 0.356 e. The van der Waals surface area contributed by atoms with Gasteiger partial charge in [-0.15, -0.1) is 0 Å². The summed E-state index contributed by atoms with van der Waals surface area (Å²) in [6, 6.07) is 5.87. The van der Waals surface area contributed by atoms with E-state index in [0.717, 1.165) is 22.1 Å². The zero-order valence-corrected chi connectivity index (χ0v) is 13.4. The number of halogens is 1. The first-order valence-corrected chi connectivity index (χ1v) is 7.66. The topological polar surface area (TPSA) is 49.4 Å². The maximum atomic E-state index is 12.1. The van der Waals surface area contributed by atoms with Gasteiger partial charge in [-0.25, -0.2) is 0 Å². The molecule has 1 aromatic carbocycles. The van der Waals surface area contributed by atoms with Crippen molar-refractivity contribution in [3.8, 4) is 0 Å². The first-order valence-electron chi connectivity index (χ1n) is 6.87. The molecule has 1 atom stereocenters. The highest BCUT2D eigenvalue weighted by molar-refractivity contribution is 9.10. The van der Waals surface area contributed by atoms with Gasteiger partial charge in [0.1, 0.15) is 0 Å². The van der Waals surface area contributed by atoms with Gasteiger partial charge < -0.3 is 10.2 Å². The summed E-state index contributed by atoms with van der Waals surface area (Å²) in [6.45, 7) is 5.13. The van der Waals surface area contributed by atoms with E-state index in [2.05, 4.69) is 21.2 Å². The minimum Gasteiger partial charge on any atom is -0.356 e. The van der Waals surface area contributed by atoms with Crippen LogP contribution in [0.5, 0.6) is 0 Å². The van der Waals surface area contributed by atoms with E-state index in [1.54, 1.807) is 4.90 Å². The van der Waals surface area contributed by atoms with Gasteiger partial charge in [-0.1, -0.05) is 13.0 Å². The number of hydrogen-bond acceptors (Lipinski definition) is 2. The Hall–Kier alpha value is -1.36. The van der Waals surface area contributed by atoms with E-state index >= 15 is 0 Å². The van der Waals surface area contributed by atoms with Crippen LogP contribution in [-0.2, 0) is 9.59 Å². The maximum Gasteiger partial charge on any atom is 0.227 e. The Bertz CT molecular complexity index is 531. The fourth-order valence-electron chi connectivity index (χ4n) is 2.34. The molecule has 4 nitrogen and oxygen atoms in total. The minimum absolute atomic E-state index is 0.00574. The highest BCUT2D eigenvalue weighted by Gasteiger charge is 2.35. The number of carbonyl (C=O) groups is 2. The van der Waals surface area contributed by atoms with Crippen molar-refractivity contribution >= 4 is 33.4 Å². The predicted molar refractivity (Wildman–Crippen MR) is 82.6 cm³/mol. The number of hydrogen-bond donors (Lipinski definition) is 1. The number of aryl methyl sites for hydroxylation is 1. The summed E-state index contributed by atoms with van der Waals surface area (Å²) in [7, 11) is 0. The lowest BCUT2D eigenvalue weighted by Gasteiger charge is -2.18. The predicted octanol–water partition coefficient (Wildman–Crippen LogP) is 2.64. The van der Waals surface area contributed by atoms with Crippen molar-refractivity contribution in [3.63, 3.8) is 0 Å². The van der Waals surface area contributed by atoms with E-state index in [-0.39, 0.29) is 24.2 Å². The first-order chi connectivity index (χ1) is 9.52. The van der Waals surface area contributed by atoms with Crippen LogP contribution in [-0.4, -0.2) is 24.9 Å². The summed E-state index contributed by atoms with van der Waals surface area (Å²) in [6.07, 6.45) is 1.19. The van der Waals surface area contributed by atoms with E-state index in [1.807, 2.05) is 32.0 Å². The molecule has 0 spiro atoms. The number of amides is 2. The standard InChI is InChI=1S/C15H19BrN2O2/c1-3-6-17-15(20)11-8-14(19)18(9-11)13-5-4-10(2)7-12(13)16/h4-5,7,11H,3,6,8-9H2,1-2H3,(H,17,20). The number of rotatable bonds is 4. The lowest BCUT2D eigenvalue weighted by atomic mass is 10.1. The molecule has 1 fully saturated rings. The van der Waals surface area contributed by atoms with E-state index in [1.165, 1.54) is 0 Å². The van der Waals surface area contributed by atoms with Gasteiger partial charge in [0.05, 0.1) is 11.6 Å². The third-order valence-corrected chi connectivity index (χ3v) is 4.07. The monoisotopic (exact) mass is 338 g/mol. The molecule has 0 radical (unpaired) electrons. The molecule has 0 bridgehead atoms. The Morgan fingerprint density at radius 2 is 2.25 bits per heavy atom. The lowest BCUT2D eigenvalue weighted by Crippen LogP contribution is -2.33. The molecule has 1 N–H and O–H groups in total. The van der Waals surface area contributed by atoms with E-state index in [0.29, 0.717) is 13.1 Å². The molecule has 1 heterocycles. The fourth-order valence-corrected chi connectivity index (χ4v) is 3.05.